The van der Waals surface area contributed by atoms with Crippen LogP contribution in [0.5, 0.6) is 0 Å². The second-order valence-electron chi connectivity index (χ2n) is 17.8. The number of unbranched alkanes of at least 4 members (excludes halogenated alkanes) is 29. The molecule has 0 spiro atoms. The Labute approximate surface area is 354 Å². The summed E-state index contributed by atoms with van der Waals surface area (Å²) in [5, 5.41) is 13.8. The van der Waals surface area contributed by atoms with Crippen molar-refractivity contribution in [2.75, 3.05) is 40.9 Å². The maximum absolute atomic E-state index is 12.9. The van der Waals surface area contributed by atoms with Crippen LogP contribution in [-0.4, -0.2) is 68.5 Å². The van der Waals surface area contributed by atoms with Gasteiger partial charge in [0.25, 0.3) is 7.82 Å². The fourth-order valence-electron chi connectivity index (χ4n) is 7.04. The van der Waals surface area contributed by atoms with Gasteiger partial charge in [0, 0.05) is 6.42 Å². The molecule has 338 valence electrons. The zero-order valence-corrected chi connectivity index (χ0v) is 39.2. The molecule has 0 bridgehead atoms. The molecule has 0 aromatic carbocycles. The molecular weight excluding hydrogens is 732 g/mol. The van der Waals surface area contributed by atoms with E-state index in [9.17, 15) is 19.4 Å². The van der Waals surface area contributed by atoms with E-state index in [0.717, 1.165) is 38.5 Å². The van der Waals surface area contributed by atoms with Gasteiger partial charge in [-0.25, -0.2) is 0 Å². The van der Waals surface area contributed by atoms with Gasteiger partial charge in [0.1, 0.15) is 13.2 Å². The van der Waals surface area contributed by atoms with E-state index in [0.29, 0.717) is 17.4 Å². The quantitative estimate of drug-likeness (QED) is 0.0274. The Hall–Kier alpha value is -1.02. The third-order valence-electron chi connectivity index (χ3n) is 10.9. The third kappa shape index (κ3) is 42.9. The molecule has 0 aromatic rings. The largest absolute Gasteiger partial charge is 0.756 e. The van der Waals surface area contributed by atoms with E-state index >= 15 is 0 Å². The van der Waals surface area contributed by atoms with Crippen molar-refractivity contribution in [1.29, 1.82) is 0 Å². The lowest BCUT2D eigenvalue weighted by Gasteiger charge is -2.29. The van der Waals surface area contributed by atoms with Gasteiger partial charge in [-0.05, 0) is 38.5 Å². The van der Waals surface area contributed by atoms with Crippen LogP contribution in [0.4, 0.5) is 0 Å². The van der Waals surface area contributed by atoms with Gasteiger partial charge in [0.2, 0.25) is 5.91 Å². The molecule has 0 saturated carbocycles. The third-order valence-corrected chi connectivity index (χ3v) is 11.9. The number of carbonyl (C=O) groups is 1. The van der Waals surface area contributed by atoms with Crippen LogP contribution in [0.3, 0.4) is 0 Å². The maximum atomic E-state index is 12.9. The van der Waals surface area contributed by atoms with E-state index in [-0.39, 0.29) is 19.1 Å². The molecule has 2 N–H and O–H groups in total. The van der Waals surface area contributed by atoms with Gasteiger partial charge in [-0.15, -0.1) is 0 Å². The molecule has 1 amide bonds. The second kappa shape index (κ2) is 40.4. The van der Waals surface area contributed by atoms with Crippen molar-refractivity contribution in [3.05, 3.63) is 24.3 Å². The number of hydrogen-bond donors (Lipinski definition) is 2. The first-order valence-corrected chi connectivity index (χ1v) is 25.7. The molecule has 0 aliphatic carbocycles. The summed E-state index contributed by atoms with van der Waals surface area (Å²) in [6.45, 7) is 4.60. The number of hydrogen-bond acceptors (Lipinski definition) is 6. The van der Waals surface area contributed by atoms with Crippen molar-refractivity contribution in [3.8, 4) is 0 Å². The summed E-state index contributed by atoms with van der Waals surface area (Å²) in [4.78, 5) is 25.3. The monoisotopic (exact) mass is 827 g/mol. The normalized spacial score (nSPS) is 14.4. The first-order chi connectivity index (χ1) is 27.5. The molecule has 0 aliphatic heterocycles. The summed E-state index contributed by atoms with van der Waals surface area (Å²) in [6, 6.07) is -0.885. The summed E-state index contributed by atoms with van der Waals surface area (Å²) >= 11 is 0. The van der Waals surface area contributed by atoms with E-state index in [1.54, 1.807) is 6.08 Å². The van der Waals surface area contributed by atoms with Crippen molar-refractivity contribution >= 4 is 13.7 Å². The van der Waals surface area contributed by atoms with E-state index in [1.165, 1.54) is 167 Å². The Morgan fingerprint density at radius 1 is 0.596 bits per heavy atom. The molecule has 0 radical (unpaired) electrons. The summed E-state index contributed by atoms with van der Waals surface area (Å²) < 4.78 is 23.2. The summed E-state index contributed by atoms with van der Waals surface area (Å²) in [6.07, 6.45) is 48.0. The molecule has 0 saturated heterocycles. The zero-order chi connectivity index (χ0) is 42.1. The molecule has 8 nitrogen and oxygen atoms in total. The Kier molecular flexibility index (Phi) is 39.7. The van der Waals surface area contributed by atoms with Gasteiger partial charge in [0.15, 0.2) is 0 Å². The summed E-state index contributed by atoms with van der Waals surface area (Å²) in [7, 11) is 1.26. The topological polar surface area (TPSA) is 108 Å². The van der Waals surface area contributed by atoms with Crippen LogP contribution in [0, 0.1) is 0 Å². The molecule has 57 heavy (non-hydrogen) atoms. The van der Waals surface area contributed by atoms with E-state index < -0.39 is 20.0 Å². The van der Waals surface area contributed by atoms with Gasteiger partial charge in [-0.3, -0.25) is 9.36 Å². The number of quaternary nitrogens is 1. The number of allylic oxidation sites excluding steroid dienone is 3. The number of phosphoric ester groups is 1. The summed E-state index contributed by atoms with van der Waals surface area (Å²) in [5.41, 5.74) is 0. The summed E-state index contributed by atoms with van der Waals surface area (Å²) in [5.74, 6) is -0.197. The lowest BCUT2D eigenvalue weighted by molar-refractivity contribution is -0.870. The van der Waals surface area contributed by atoms with E-state index in [1.807, 2.05) is 27.2 Å². The number of rotatable bonds is 44. The number of amides is 1. The van der Waals surface area contributed by atoms with Crippen LogP contribution in [0.25, 0.3) is 0 Å². The molecular formula is C48H95N2O6P. The molecule has 1 unspecified atom stereocenters. The van der Waals surface area contributed by atoms with Crippen LogP contribution in [0.1, 0.15) is 226 Å². The van der Waals surface area contributed by atoms with Gasteiger partial charge in [-0.2, -0.15) is 0 Å². The minimum absolute atomic E-state index is 0.000720. The highest BCUT2D eigenvalue weighted by Gasteiger charge is 2.23. The molecule has 3 atom stereocenters. The Bertz CT molecular complexity index is 984. The number of nitrogens with one attached hydrogen (secondary N) is 1. The number of likely N-dealkylation sites (N-methyl/N-ethyl adjacent to an activating group) is 1. The average molecular weight is 827 g/mol. The first kappa shape index (κ1) is 56.0. The Morgan fingerprint density at radius 3 is 1.44 bits per heavy atom. The van der Waals surface area contributed by atoms with Crippen LogP contribution >= 0.6 is 7.82 Å². The standard InChI is InChI=1S/C48H95N2O6P/c1-6-8-10-12-14-16-18-20-21-22-23-24-25-26-27-28-30-32-34-36-38-40-42-48(52)49-46(45-56-57(53,54)55-44-43-50(3,4)5)47(51)41-39-37-35-33-31-29-19-17-15-13-11-9-7-2/h11,13,39,41,46-47,51H,6-10,12,14-38,40,42-45H2,1-5H3,(H-,49,52,53,54)/b13-11+,41-39+/t46-,47+/m0/s1. The Morgan fingerprint density at radius 2 is 1.00 bits per heavy atom. The fraction of sp³-hybridized carbons (Fsp3) is 0.896. The van der Waals surface area contributed by atoms with Crippen molar-refractivity contribution in [2.45, 2.75) is 238 Å². The second-order valence-corrected chi connectivity index (χ2v) is 19.2. The van der Waals surface area contributed by atoms with Crippen molar-refractivity contribution in [2.24, 2.45) is 0 Å². The first-order valence-electron chi connectivity index (χ1n) is 24.2. The lowest BCUT2D eigenvalue weighted by Crippen LogP contribution is -2.45. The van der Waals surface area contributed by atoms with Gasteiger partial charge in [-0.1, -0.05) is 205 Å². The molecule has 0 fully saturated rings. The molecule has 0 aromatic heterocycles. The SMILES string of the molecule is CCC/C=C/CCCCCCCC/C=C/[C@@H](O)[C@H](COP(=O)([O-])OCC[N+](C)(C)C)NC(=O)CCCCCCCCCCCCCCCCCCCCCCCC. The van der Waals surface area contributed by atoms with Crippen LogP contribution in [0.15, 0.2) is 24.3 Å². The van der Waals surface area contributed by atoms with Gasteiger partial charge >= 0.3 is 0 Å². The minimum atomic E-state index is -4.59. The fourth-order valence-corrected chi connectivity index (χ4v) is 7.76. The minimum Gasteiger partial charge on any atom is -0.756 e. The molecule has 0 aliphatic rings. The van der Waals surface area contributed by atoms with Gasteiger partial charge < -0.3 is 28.8 Å². The highest BCUT2D eigenvalue weighted by Crippen LogP contribution is 2.38. The highest BCUT2D eigenvalue weighted by molar-refractivity contribution is 7.45. The zero-order valence-electron chi connectivity index (χ0n) is 38.3. The number of phosphoric acid groups is 1. The molecule has 0 heterocycles. The molecule has 9 heteroatoms. The van der Waals surface area contributed by atoms with Crippen molar-refractivity contribution < 1.29 is 32.9 Å². The smallest absolute Gasteiger partial charge is 0.268 e. The number of aliphatic hydroxyl groups excluding tert-OH is 1. The van der Waals surface area contributed by atoms with Crippen LogP contribution in [-0.2, 0) is 18.4 Å². The highest BCUT2D eigenvalue weighted by atomic mass is 31.2. The average Bonchev–Trinajstić information content (AvgIpc) is 3.16. The van der Waals surface area contributed by atoms with E-state index in [2.05, 4.69) is 31.3 Å². The lowest BCUT2D eigenvalue weighted by atomic mass is 10.0. The number of carbonyl (C=O) groups excluding carboxylic acids is 1. The van der Waals surface area contributed by atoms with Gasteiger partial charge in [0.05, 0.1) is 39.9 Å². The molecule has 0 rings (SSSR count). The predicted molar refractivity (Wildman–Crippen MR) is 242 cm³/mol. The predicted octanol–water partition coefficient (Wildman–Crippen LogP) is 13.1. The van der Waals surface area contributed by atoms with Crippen LogP contribution in [0.2, 0.25) is 0 Å². The van der Waals surface area contributed by atoms with E-state index in [4.69, 9.17) is 9.05 Å². The van der Waals surface area contributed by atoms with Crippen molar-refractivity contribution in [3.63, 3.8) is 0 Å². The number of aliphatic hydroxyl groups is 1. The van der Waals surface area contributed by atoms with Crippen molar-refractivity contribution in [1.82, 2.24) is 5.32 Å². The van der Waals surface area contributed by atoms with Crippen LogP contribution < -0.4 is 10.2 Å². The maximum Gasteiger partial charge on any atom is 0.268 e. The number of nitrogens with zero attached hydrogens (tertiary/aromatic N) is 1. The Balaban J connectivity index is 4.25.